The minimum absolute atomic E-state index is 0.283. The van der Waals surface area contributed by atoms with Crippen molar-refractivity contribution in [2.45, 2.75) is 25.2 Å². The van der Waals surface area contributed by atoms with Gasteiger partial charge >= 0.3 is 0 Å². The normalized spacial score (nSPS) is 19.7. The lowest BCUT2D eigenvalue weighted by Gasteiger charge is -2.24. The van der Waals surface area contributed by atoms with Gasteiger partial charge < -0.3 is 5.11 Å². The molecule has 0 aliphatic heterocycles. The second kappa shape index (κ2) is 3.91. The third kappa shape index (κ3) is 1.52. The number of hydrogen-bond donors (Lipinski definition) is 1. The first-order valence-corrected chi connectivity index (χ1v) is 6.01. The topological polar surface area (TPSA) is 20.2 Å². The van der Waals surface area contributed by atoms with E-state index in [-0.39, 0.29) is 6.61 Å². The first-order valence-electron chi connectivity index (χ1n) is 6.01. The van der Waals surface area contributed by atoms with Crippen LogP contribution in [0.4, 0.5) is 0 Å². The molecule has 1 N–H and O–H groups in total. The van der Waals surface area contributed by atoms with Gasteiger partial charge in [-0.05, 0) is 41.2 Å². The Hall–Kier alpha value is -1.34. The largest absolute Gasteiger partial charge is 0.396 e. The molecule has 0 aromatic heterocycles. The summed E-state index contributed by atoms with van der Waals surface area (Å²) in [5.74, 6) is 0.355. The molecule has 1 heteroatoms. The average Bonchev–Trinajstić information content (AvgIpc) is 2.35. The van der Waals surface area contributed by atoms with E-state index in [4.69, 9.17) is 0 Å². The zero-order chi connectivity index (χ0) is 11.0. The Kier molecular flexibility index (Phi) is 2.41. The zero-order valence-electron chi connectivity index (χ0n) is 9.32. The highest BCUT2D eigenvalue weighted by molar-refractivity contribution is 5.84. The molecule has 1 aliphatic rings. The Morgan fingerprint density at radius 2 is 1.88 bits per heavy atom. The second-order valence-electron chi connectivity index (χ2n) is 4.67. The van der Waals surface area contributed by atoms with Gasteiger partial charge in [0.15, 0.2) is 0 Å². The van der Waals surface area contributed by atoms with E-state index in [0.717, 1.165) is 12.8 Å². The number of aryl methyl sites for hydroxylation is 1. The molecular formula is C15H16O. The number of aliphatic hydroxyl groups is 1. The highest BCUT2D eigenvalue weighted by Crippen LogP contribution is 2.33. The van der Waals surface area contributed by atoms with E-state index < -0.39 is 0 Å². The zero-order valence-corrected chi connectivity index (χ0v) is 9.32. The lowest BCUT2D eigenvalue weighted by Crippen LogP contribution is -2.12. The molecule has 16 heavy (non-hydrogen) atoms. The molecule has 0 bridgehead atoms. The summed E-state index contributed by atoms with van der Waals surface area (Å²) in [6.45, 7) is 0.283. The van der Waals surface area contributed by atoms with Gasteiger partial charge in [-0.2, -0.15) is 0 Å². The van der Waals surface area contributed by atoms with Crippen LogP contribution in [0.3, 0.4) is 0 Å². The monoisotopic (exact) mass is 212 g/mol. The SMILES string of the molecule is OCC1CCCc2cc3ccccc3cc21. The Labute approximate surface area is 95.7 Å². The summed E-state index contributed by atoms with van der Waals surface area (Å²) in [6.07, 6.45) is 3.50. The minimum atomic E-state index is 0.283. The van der Waals surface area contributed by atoms with Crippen LogP contribution in [0.2, 0.25) is 0 Å². The maximum absolute atomic E-state index is 9.41. The molecule has 0 spiro atoms. The van der Waals surface area contributed by atoms with Gasteiger partial charge in [-0.1, -0.05) is 36.4 Å². The van der Waals surface area contributed by atoms with Gasteiger partial charge in [0.1, 0.15) is 0 Å². The second-order valence-corrected chi connectivity index (χ2v) is 4.67. The fourth-order valence-electron chi connectivity index (χ4n) is 2.79. The fraction of sp³-hybridized carbons (Fsp3) is 0.333. The van der Waals surface area contributed by atoms with Crippen LogP contribution in [0.1, 0.15) is 29.9 Å². The Morgan fingerprint density at radius 3 is 2.62 bits per heavy atom. The number of rotatable bonds is 1. The number of hydrogen-bond acceptors (Lipinski definition) is 1. The van der Waals surface area contributed by atoms with Gasteiger partial charge in [-0.3, -0.25) is 0 Å². The van der Waals surface area contributed by atoms with Crippen LogP contribution >= 0.6 is 0 Å². The van der Waals surface area contributed by atoms with Crippen molar-refractivity contribution in [3.8, 4) is 0 Å². The van der Waals surface area contributed by atoms with Gasteiger partial charge in [0, 0.05) is 12.5 Å². The van der Waals surface area contributed by atoms with Crippen LogP contribution in [0.25, 0.3) is 10.8 Å². The van der Waals surface area contributed by atoms with Crippen LogP contribution < -0.4 is 0 Å². The minimum Gasteiger partial charge on any atom is -0.396 e. The highest BCUT2D eigenvalue weighted by Gasteiger charge is 2.19. The number of benzene rings is 2. The molecule has 0 saturated carbocycles. The molecule has 82 valence electrons. The molecule has 0 saturated heterocycles. The van der Waals surface area contributed by atoms with Gasteiger partial charge in [0.2, 0.25) is 0 Å². The van der Waals surface area contributed by atoms with Crippen molar-refractivity contribution < 1.29 is 5.11 Å². The molecule has 1 nitrogen and oxygen atoms in total. The summed E-state index contributed by atoms with van der Waals surface area (Å²) in [7, 11) is 0. The van der Waals surface area contributed by atoms with E-state index in [1.807, 2.05) is 0 Å². The Balaban J connectivity index is 2.21. The average molecular weight is 212 g/mol. The summed E-state index contributed by atoms with van der Waals surface area (Å²) in [4.78, 5) is 0. The van der Waals surface area contributed by atoms with Crippen LogP contribution in [0, 0.1) is 0 Å². The van der Waals surface area contributed by atoms with Crippen molar-refractivity contribution in [1.29, 1.82) is 0 Å². The molecule has 0 fully saturated rings. The maximum Gasteiger partial charge on any atom is 0.0499 e. The molecule has 2 aromatic carbocycles. The molecule has 1 atom stereocenters. The molecule has 0 amide bonds. The van der Waals surface area contributed by atoms with E-state index >= 15 is 0 Å². The van der Waals surface area contributed by atoms with E-state index in [1.54, 1.807) is 0 Å². The predicted octanol–water partition coefficient (Wildman–Crippen LogP) is 3.25. The summed E-state index contributed by atoms with van der Waals surface area (Å²) in [6, 6.07) is 13.0. The van der Waals surface area contributed by atoms with E-state index in [9.17, 15) is 5.11 Å². The third-order valence-electron chi connectivity index (χ3n) is 3.67. The van der Waals surface area contributed by atoms with Gasteiger partial charge in [0.05, 0.1) is 0 Å². The van der Waals surface area contributed by atoms with E-state index in [2.05, 4.69) is 36.4 Å². The van der Waals surface area contributed by atoms with Crippen LogP contribution in [0.15, 0.2) is 36.4 Å². The first-order chi connectivity index (χ1) is 7.88. The summed E-state index contributed by atoms with van der Waals surface area (Å²) in [5.41, 5.74) is 2.80. The molecule has 3 rings (SSSR count). The quantitative estimate of drug-likeness (QED) is 0.769. The Morgan fingerprint density at radius 1 is 1.12 bits per heavy atom. The van der Waals surface area contributed by atoms with Crippen molar-refractivity contribution in [2.24, 2.45) is 0 Å². The van der Waals surface area contributed by atoms with Crippen molar-refractivity contribution in [3.63, 3.8) is 0 Å². The van der Waals surface area contributed by atoms with Gasteiger partial charge in [-0.25, -0.2) is 0 Å². The molecule has 0 heterocycles. The van der Waals surface area contributed by atoms with Gasteiger partial charge in [0.25, 0.3) is 0 Å². The smallest absolute Gasteiger partial charge is 0.0499 e. The van der Waals surface area contributed by atoms with Crippen molar-refractivity contribution in [1.82, 2.24) is 0 Å². The van der Waals surface area contributed by atoms with Crippen molar-refractivity contribution in [3.05, 3.63) is 47.5 Å². The lowest BCUT2D eigenvalue weighted by atomic mass is 9.82. The highest BCUT2D eigenvalue weighted by atomic mass is 16.3. The molecule has 1 unspecified atom stereocenters. The summed E-state index contributed by atoms with van der Waals surface area (Å²) >= 11 is 0. The molecule has 1 aliphatic carbocycles. The predicted molar refractivity (Wildman–Crippen MR) is 66.7 cm³/mol. The molecular weight excluding hydrogens is 196 g/mol. The Bertz CT molecular complexity index is 516. The molecule has 2 aromatic rings. The number of fused-ring (bicyclic) bond motifs is 2. The summed E-state index contributed by atoms with van der Waals surface area (Å²) < 4.78 is 0. The van der Waals surface area contributed by atoms with Gasteiger partial charge in [-0.15, -0.1) is 0 Å². The lowest BCUT2D eigenvalue weighted by molar-refractivity contribution is 0.253. The first kappa shape index (κ1) is 9.86. The van der Waals surface area contributed by atoms with Crippen molar-refractivity contribution >= 4 is 10.8 Å². The maximum atomic E-state index is 9.41. The van der Waals surface area contributed by atoms with E-state index in [0.29, 0.717) is 5.92 Å². The third-order valence-corrected chi connectivity index (χ3v) is 3.67. The van der Waals surface area contributed by atoms with Crippen LogP contribution in [-0.4, -0.2) is 11.7 Å². The number of aliphatic hydroxyl groups excluding tert-OH is 1. The van der Waals surface area contributed by atoms with Crippen molar-refractivity contribution in [2.75, 3.05) is 6.61 Å². The van der Waals surface area contributed by atoms with E-state index in [1.165, 1.54) is 28.3 Å². The summed E-state index contributed by atoms with van der Waals surface area (Å²) in [5, 5.41) is 12.0. The van der Waals surface area contributed by atoms with Crippen LogP contribution in [0.5, 0.6) is 0 Å². The fourth-order valence-corrected chi connectivity index (χ4v) is 2.79. The standard InChI is InChI=1S/C15H16O/c16-10-14-7-3-6-13-8-11-4-1-2-5-12(11)9-15(13)14/h1-2,4-5,8-9,14,16H,3,6-7,10H2. The molecule has 0 radical (unpaired) electrons. The van der Waals surface area contributed by atoms with Crippen LogP contribution in [-0.2, 0) is 6.42 Å².